The fourth-order valence-electron chi connectivity index (χ4n) is 3.73. The fourth-order valence-corrected chi connectivity index (χ4v) is 5.44. The minimum atomic E-state index is -3.05. The normalized spacial score (nSPS) is 20.2. The van der Waals surface area contributed by atoms with Gasteiger partial charge in [-0.2, -0.15) is 0 Å². The molecule has 2 fully saturated rings. The van der Waals surface area contributed by atoms with E-state index in [9.17, 15) is 18.0 Å². The molecule has 1 amide bonds. The number of nitrogens with zero attached hydrogens (tertiary/aromatic N) is 1. The van der Waals surface area contributed by atoms with Gasteiger partial charge >= 0.3 is 0 Å². The summed E-state index contributed by atoms with van der Waals surface area (Å²) >= 11 is 0. The molecule has 2 aliphatic rings. The second-order valence-corrected chi connectivity index (χ2v) is 9.83. The van der Waals surface area contributed by atoms with Gasteiger partial charge in [-0.05, 0) is 43.5 Å². The van der Waals surface area contributed by atoms with Gasteiger partial charge in [0.15, 0.2) is 22.2 Å². The lowest BCUT2D eigenvalue weighted by atomic mass is 10.0. The van der Waals surface area contributed by atoms with Crippen molar-refractivity contribution in [1.82, 2.24) is 4.90 Å². The standard InChI is InChI=1S/C22H23NO5S/c24-21(23(18-8-9-18)19-12-13-29(26,27)15-19)14-28-20-10-6-17(7-11-20)22(25)16-4-2-1-3-5-16/h1-7,10-11,18-19H,8-9,12-15H2/t19-/m1/s1. The molecular weight excluding hydrogens is 390 g/mol. The molecular formula is C22H23NO5S. The highest BCUT2D eigenvalue weighted by atomic mass is 32.2. The minimum absolute atomic E-state index is 0.0472. The van der Waals surface area contributed by atoms with E-state index in [0.717, 1.165) is 12.8 Å². The average Bonchev–Trinajstić information content (AvgIpc) is 3.49. The molecule has 152 valence electrons. The summed E-state index contributed by atoms with van der Waals surface area (Å²) < 4.78 is 29.2. The molecule has 0 spiro atoms. The van der Waals surface area contributed by atoms with Gasteiger partial charge in [0.25, 0.3) is 5.91 Å². The number of ketones is 1. The topological polar surface area (TPSA) is 80.8 Å². The maximum absolute atomic E-state index is 12.7. The van der Waals surface area contributed by atoms with E-state index in [-0.39, 0.29) is 41.9 Å². The van der Waals surface area contributed by atoms with E-state index in [1.165, 1.54) is 0 Å². The van der Waals surface area contributed by atoms with Gasteiger partial charge in [-0.25, -0.2) is 8.42 Å². The second kappa shape index (κ2) is 7.99. The van der Waals surface area contributed by atoms with Gasteiger partial charge in [-0.15, -0.1) is 0 Å². The van der Waals surface area contributed by atoms with Crippen LogP contribution in [-0.4, -0.2) is 55.2 Å². The summed E-state index contributed by atoms with van der Waals surface area (Å²) in [5, 5.41) is 0. The first-order chi connectivity index (χ1) is 13.9. The zero-order chi connectivity index (χ0) is 20.4. The van der Waals surface area contributed by atoms with E-state index in [1.54, 1.807) is 41.3 Å². The van der Waals surface area contributed by atoms with Crippen LogP contribution >= 0.6 is 0 Å². The Hall–Kier alpha value is -2.67. The van der Waals surface area contributed by atoms with E-state index in [0.29, 0.717) is 23.3 Å². The highest BCUT2D eigenvalue weighted by Gasteiger charge is 2.42. The number of rotatable bonds is 7. The molecule has 2 aromatic rings. The number of hydrogen-bond donors (Lipinski definition) is 0. The summed E-state index contributed by atoms with van der Waals surface area (Å²) in [7, 11) is -3.05. The summed E-state index contributed by atoms with van der Waals surface area (Å²) in [6.07, 6.45) is 2.33. The van der Waals surface area contributed by atoms with Crippen LogP contribution in [0.2, 0.25) is 0 Å². The Morgan fingerprint density at radius 2 is 1.55 bits per heavy atom. The molecule has 2 aromatic carbocycles. The lowest BCUT2D eigenvalue weighted by Gasteiger charge is -2.28. The molecule has 1 aliphatic heterocycles. The molecule has 1 atom stereocenters. The van der Waals surface area contributed by atoms with Crippen LogP contribution in [0.5, 0.6) is 5.75 Å². The monoisotopic (exact) mass is 413 g/mol. The first kappa shape index (κ1) is 19.6. The van der Waals surface area contributed by atoms with Crippen LogP contribution in [-0.2, 0) is 14.6 Å². The second-order valence-electron chi connectivity index (χ2n) is 7.60. The smallest absolute Gasteiger partial charge is 0.261 e. The summed E-state index contributed by atoms with van der Waals surface area (Å²) in [5.41, 5.74) is 1.16. The Morgan fingerprint density at radius 1 is 0.897 bits per heavy atom. The van der Waals surface area contributed by atoms with E-state index < -0.39 is 9.84 Å². The van der Waals surface area contributed by atoms with Crippen LogP contribution in [0.3, 0.4) is 0 Å². The molecule has 6 nitrogen and oxygen atoms in total. The zero-order valence-electron chi connectivity index (χ0n) is 16.0. The number of amides is 1. The lowest BCUT2D eigenvalue weighted by Crippen LogP contribution is -2.45. The molecule has 7 heteroatoms. The van der Waals surface area contributed by atoms with Gasteiger partial charge in [0.2, 0.25) is 0 Å². The Kier molecular flexibility index (Phi) is 5.41. The summed E-state index contributed by atoms with van der Waals surface area (Å²) in [6, 6.07) is 15.6. The maximum atomic E-state index is 12.7. The number of benzene rings is 2. The first-order valence-electron chi connectivity index (χ1n) is 9.77. The van der Waals surface area contributed by atoms with Crippen LogP contribution in [0, 0.1) is 0 Å². The van der Waals surface area contributed by atoms with Crippen molar-refractivity contribution in [3.05, 3.63) is 65.7 Å². The number of hydrogen-bond acceptors (Lipinski definition) is 5. The number of carbonyl (C=O) groups is 2. The van der Waals surface area contributed by atoms with Gasteiger partial charge in [-0.1, -0.05) is 30.3 Å². The molecule has 0 radical (unpaired) electrons. The van der Waals surface area contributed by atoms with Crippen molar-refractivity contribution >= 4 is 21.5 Å². The van der Waals surface area contributed by atoms with Crippen molar-refractivity contribution in [2.45, 2.75) is 31.3 Å². The molecule has 1 heterocycles. The SMILES string of the molecule is O=C(c1ccccc1)c1ccc(OCC(=O)N(C2CC2)[C@@H]2CCS(=O)(=O)C2)cc1. The molecule has 0 aromatic heterocycles. The molecule has 0 bridgehead atoms. The van der Waals surface area contributed by atoms with Crippen LogP contribution in [0.15, 0.2) is 54.6 Å². The summed E-state index contributed by atoms with van der Waals surface area (Å²) in [5.74, 6) is 0.435. The predicted octanol–water partition coefficient (Wildman–Crippen LogP) is 2.47. The lowest BCUT2D eigenvalue weighted by molar-refractivity contribution is -0.135. The molecule has 1 aliphatic carbocycles. The molecule has 1 saturated heterocycles. The Bertz CT molecular complexity index is 997. The van der Waals surface area contributed by atoms with Gasteiger partial charge in [0.1, 0.15) is 5.75 Å². The first-order valence-corrected chi connectivity index (χ1v) is 11.6. The van der Waals surface area contributed by atoms with E-state index in [4.69, 9.17) is 4.74 Å². The van der Waals surface area contributed by atoms with E-state index >= 15 is 0 Å². The highest BCUT2D eigenvalue weighted by Crippen LogP contribution is 2.32. The van der Waals surface area contributed by atoms with E-state index in [1.807, 2.05) is 18.2 Å². The average molecular weight is 413 g/mol. The minimum Gasteiger partial charge on any atom is -0.484 e. The number of carbonyl (C=O) groups excluding carboxylic acids is 2. The fraction of sp³-hybridized carbons (Fsp3) is 0.364. The Balaban J connectivity index is 1.37. The molecule has 29 heavy (non-hydrogen) atoms. The zero-order valence-corrected chi connectivity index (χ0v) is 16.8. The molecule has 1 saturated carbocycles. The van der Waals surface area contributed by atoms with Gasteiger partial charge in [0.05, 0.1) is 11.5 Å². The summed E-state index contributed by atoms with van der Waals surface area (Å²) in [6.45, 7) is -0.140. The third kappa shape index (κ3) is 4.67. The van der Waals surface area contributed by atoms with Gasteiger partial charge in [0, 0.05) is 23.2 Å². The largest absolute Gasteiger partial charge is 0.484 e. The molecule has 0 N–H and O–H groups in total. The van der Waals surface area contributed by atoms with Crippen LogP contribution in [0.25, 0.3) is 0 Å². The number of sulfone groups is 1. The van der Waals surface area contributed by atoms with Crippen molar-refractivity contribution < 1.29 is 22.7 Å². The van der Waals surface area contributed by atoms with Crippen molar-refractivity contribution in [1.29, 1.82) is 0 Å². The van der Waals surface area contributed by atoms with Crippen LogP contribution < -0.4 is 4.74 Å². The number of ether oxygens (including phenoxy) is 1. The van der Waals surface area contributed by atoms with Crippen LogP contribution in [0.1, 0.15) is 35.2 Å². The van der Waals surface area contributed by atoms with Crippen molar-refractivity contribution in [2.75, 3.05) is 18.1 Å². The van der Waals surface area contributed by atoms with Gasteiger partial charge < -0.3 is 9.64 Å². The predicted molar refractivity (Wildman–Crippen MR) is 109 cm³/mol. The third-order valence-corrected chi connectivity index (χ3v) is 7.10. The quantitative estimate of drug-likeness (QED) is 0.652. The Morgan fingerprint density at radius 3 is 2.14 bits per heavy atom. The van der Waals surface area contributed by atoms with Crippen molar-refractivity contribution in [3.8, 4) is 5.75 Å². The summed E-state index contributed by atoms with van der Waals surface area (Å²) in [4.78, 5) is 26.9. The maximum Gasteiger partial charge on any atom is 0.261 e. The Labute approximate surface area is 170 Å². The highest BCUT2D eigenvalue weighted by molar-refractivity contribution is 7.91. The van der Waals surface area contributed by atoms with E-state index in [2.05, 4.69) is 0 Å². The molecule has 0 unspecified atom stereocenters. The van der Waals surface area contributed by atoms with Crippen molar-refractivity contribution in [2.24, 2.45) is 0 Å². The van der Waals surface area contributed by atoms with Crippen molar-refractivity contribution in [3.63, 3.8) is 0 Å². The third-order valence-electron chi connectivity index (χ3n) is 5.34. The molecule has 4 rings (SSSR count). The van der Waals surface area contributed by atoms with Gasteiger partial charge in [-0.3, -0.25) is 9.59 Å². The van der Waals surface area contributed by atoms with Crippen LogP contribution in [0.4, 0.5) is 0 Å².